The highest BCUT2D eigenvalue weighted by Crippen LogP contribution is 2.21. The number of thiazole rings is 1. The minimum Gasteiger partial charge on any atom is -0.273 e. The van der Waals surface area contributed by atoms with Gasteiger partial charge in [-0.05, 0) is 19.1 Å². The number of pyridine rings is 1. The molecule has 0 spiro atoms. The highest BCUT2D eigenvalue weighted by atomic mass is 32.1. The minimum atomic E-state index is -0.195. The van der Waals surface area contributed by atoms with Crippen molar-refractivity contribution in [3.8, 4) is 11.3 Å². The Labute approximate surface area is 144 Å². The Bertz CT molecular complexity index is 844. The maximum Gasteiger partial charge on any atom is 0.246 e. The molecule has 2 aromatic heterocycles. The maximum atomic E-state index is 12.0. The van der Waals surface area contributed by atoms with E-state index in [1.54, 1.807) is 13.1 Å². The van der Waals surface area contributed by atoms with E-state index in [2.05, 4.69) is 20.5 Å². The molecule has 3 aromatic rings. The number of nitrogens with zero attached hydrogens (tertiary/aromatic N) is 3. The van der Waals surface area contributed by atoms with Crippen LogP contribution in [-0.2, 0) is 11.2 Å². The van der Waals surface area contributed by atoms with Crippen LogP contribution in [0.5, 0.6) is 0 Å². The number of amides is 1. The van der Waals surface area contributed by atoms with Crippen molar-refractivity contribution in [2.45, 2.75) is 13.3 Å². The summed E-state index contributed by atoms with van der Waals surface area (Å²) in [6.45, 7) is 1.81. The smallest absolute Gasteiger partial charge is 0.246 e. The van der Waals surface area contributed by atoms with E-state index in [-0.39, 0.29) is 12.3 Å². The molecular weight excluding hydrogens is 320 g/mol. The van der Waals surface area contributed by atoms with Gasteiger partial charge >= 0.3 is 0 Å². The summed E-state index contributed by atoms with van der Waals surface area (Å²) in [6, 6.07) is 15.5. The lowest BCUT2D eigenvalue weighted by Crippen LogP contribution is -2.21. The molecule has 5 nitrogen and oxygen atoms in total. The van der Waals surface area contributed by atoms with Crippen LogP contribution in [-0.4, -0.2) is 21.6 Å². The Morgan fingerprint density at radius 2 is 1.96 bits per heavy atom. The second-order valence-electron chi connectivity index (χ2n) is 5.12. The summed E-state index contributed by atoms with van der Waals surface area (Å²) in [7, 11) is 0. The number of nitrogens with one attached hydrogen (secondary N) is 1. The van der Waals surface area contributed by atoms with Crippen molar-refractivity contribution in [3.05, 3.63) is 70.8 Å². The molecule has 3 rings (SSSR count). The molecule has 0 aliphatic heterocycles. The molecule has 6 heteroatoms. The van der Waals surface area contributed by atoms with Crippen molar-refractivity contribution in [2.24, 2.45) is 5.10 Å². The average Bonchev–Trinajstić information content (AvgIpc) is 3.09. The standard InChI is InChI=1S/C18H16N4OS/c1-13(15-9-5-6-10-19-15)21-22-17(23)11-18-20-16(12-24-18)14-7-3-2-4-8-14/h2-10,12H,11H2,1H3,(H,22,23)/b21-13-. The van der Waals surface area contributed by atoms with E-state index in [4.69, 9.17) is 0 Å². The number of carbonyl (C=O) groups is 1. The number of aromatic nitrogens is 2. The van der Waals surface area contributed by atoms with Crippen molar-refractivity contribution < 1.29 is 4.79 Å². The van der Waals surface area contributed by atoms with Crippen LogP contribution in [0.4, 0.5) is 0 Å². The van der Waals surface area contributed by atoms with Crippen LogP contribution < -0.4 is 5.43 Å². The van der Waals surface area contributed by atoms with Crippen molar-refractivity contribution in [1.82, 2.24) is 15.4 Å². The second-order valence-corrected chi connectivity index (χ2v) is 6.06. The molecule has 120 valence electrons. The van der Waals surface area contributed by atoms with E-state index in [0.717, 1.165) is 22.0 Å². The SMILES string of the molecule is C/C(=N/NC(=O)Cc1nc(-c2ccccc2)cs1)c1ccccn1. The molecule has 0 unspecified atom stereocenters. The second kappa shape index (κ2) is 7.61. The lowest BCUT2D eigenvalue weighted by atomic mass is 10.2. The third-order valence-corrected chi connectivity index (χ3v) is 4.17. The van der Waals surface area contributed by atoms with E-state index in [1.807, 2.05) is 53.9 Å². The Balaban J connectivity index is 1.61. The first-order valence-corrected chi connectivity index (χ1v) is 8.34. The molecule has 0 fully saturated rings. The van der Waals surface area contributed by atoms with Crippen LogP contribution in [0.25, 0.3) is 11.3 Å². The van der Waals surface area contributed by atoms with Crippen LogP contribution in [0.15, 0.2) is 65.2 Å². The van der Waals surface area contributed by atoms with Crippen molar-refractivity contribution in [3.63, 3.8) is 0 Å². The molecule has 1 N–H and O–H groups in total. The van der Waals surface area contributed by atoms with Gasteiger partial charge in [0.15, 0.2) is 0 Å². The van der Waals surface area contributed by atoms with E-state index >= 15 is 0 Å². The quantitative estimate of drug-likeness (QED) is 0.574. The minimum absolute atomic E-state index is 0.195. The molecule has 0 aliphatic rings. The molecular formula is C18H16N4OS. The molecule has 0 aliphatic carbocycles. The third-order valence-electron chi connectivity index (χ3n) is 3.32. The van der Waals surface area contributed by atoms with E-state index in [9.17, 15) is 4.79 Å². The average molecular weight is 336 g/mol. The van der Waals surface area contributed by atoms with Gasteiger partial charge in [-0.1, -0.05) is 36.4 Å². The zero-order valence-electron chi connectivity index (χ0n) is 13.1. The van der Waals surface area contributed by atoms with E-state index in [0.29, 0.717) is 5.71 Å². The number of carbonyl (C=O) groups excluding carboxylic acids is 1. The zero-order chi connectivity index (χ0) is 16.8. The largest absolute Gasteiger partial charge is 0.273 e. The summed E-state index contributed by atoms with van der Waals surface area (Å²) in [6.07, 6.45) is 1.90. The molecule has 0 saturated carbocycles. The molecule has 0 atom stereocenters. The molecule has 0 radical (unpaired) electrons. The number of benzene rings is 1. The maximum absolute atomic E-state index is 12.0. The fourth-order valence-electron chi connectivity index (χ4n) is 2.09. The number of hydrazone groups is 1. The van der Waals surface area contributed by atoms with Crippen molar-refractivity contribution in [2.75, 3.05) is 0 Å². The van der Waals surface area contributed by atoms with Crippen LogP contribution in [0, 0.1) is 0 Å². The van der Waals surface area contributed by atoms with E-state index in [1.165, 1.54) is 11.3 Å². The van der Waals surface area contributed by atoms with Gasteiger partial charge in [0.2, 0.25) is 5.91 Å². The fourth-order valence-corrected chi connectivity index (χ4v) is 2.89. The lowest BCUT2D eigenvalue weighted by Gasteiger charge is -2.01. The highest BCUT2D eigenvalue weighted by Gasteiger charge is 2.09. The first-order chi connectivity index (χ1) is 11.7. The molecule has 0 saturated heterocycles. The van der Waals surface area contributed by atoms with Gasteiger partial charge in [0.1, 0.15) is 5.01 Å². The van der Waals surface area contributed by atoms with Crippen LogP contribution >= 0.6 is 11.3 Å². The number of rotatable bonds is 5. The van der Waals surface area contributed by atoms with Gasteiger partial charge in [-0.15, -0.1) is 11.3 Å². The molecule has 1 amide bonds. The van der Waals surface area contributed by atoms with Crippen molar-refractivity contribution in [1.29, 1.82) is 0 Å². The van der Waals surface area contributed by atoms with Gasteiger partial charge in [0, 0.05) is 17.1 Å². The molecule has 2 heterocycles. The summed E-state index contributed by atoms with van der Waals surface area (Å²) >= 11 is 1.47. The predicted molar refractivity (Wildman–Crippen MR) is 95.8 cm³/mol. The van der Waals surface area contributed by atoms with E-state index < -0.39 is 0 Å². The Kier molecular flexibility index (Phi) is 5.08. The van der Waals surface area contributed by atoms with Crippen LogP contribution in [0.2, 0.25) is 0 Å². The summed E-state index contributed by atoms with van der Waals surface area (Å²) < 4.78 is 0. The fraction of sp³-hybridized carbons (Fsp3) is 0.111. The first-order valence-electron chi connectivity index (χ1n) is 7.47. The van der Waals surface area contributed by atoms with Gasteiger partial charge in [0.05, 0.1) is 23.5 Å². The van der Waals surface area contributed by atoms with Crippen molar-refractivity contribution >= 4 is 23.0 Å². The number of hydrogen-bond donors (Lipinski definition) is 1. The predicted octanol–water partition coefficient (Wildman–Crippen LogP) is 3.29. The summed E-state index contributed by atoms with van der Waals surface area (Å²) in [5, 5.41) is 6.81. The summed E-state index contributed by atoms with van der Waals surface area (Å²) in [5.74, 6) is -0.195. The topological polar surface area (TPSA) is 67.2 Å². The van der Waals surface area contributed by atoms with Crippen LogP contribution in [0.1, 0.15) is 17.6 Å². The molecule has 1 aromatic carbocycles. The number of hydrogen-bond acceptors (Lipinski definition) is 5. The summed E-state index contributed by atoms with van der Waals surface area (Å²) in [5.41, 5.74) is 5.88. The van der Waals surface area contributed by atoms with Gasteiger partial charge in [0.25, 0.3) is 0 Å². The third kappa shape index (κ3) is 4.11. The van der Waals surface area contributed by atoms with Gasteiger partial charge < -0.3 is 0 Å². The Morgan fingerprint density at radius 1 is 1.17 bits per heavy atom. The van der Waals surface area contributed by atoms with Crippen LogP contribution in [0.3, 0.4) is 0 Å². The molecule has 0 bridgehead atoms. The molecule has 24 heavy (non-hydrogen) atoms. The zero-order valence-corrected chi connectivity index (χ0v) is 14.0. The first kappa shape index (κ1) is 16.0. The normalized spacial score (nSPS) is 11.3. The van der Waals surface area contributed by atoms with Gasteiger partial charge in [-0.2, -0.15) is 5.10 Å². The highest BCUT2D eigenvalue weighted by molar-refractivity contribution is 7.10. The Morgan fingerprint density at radius 3 is 2.71 bits per heavy atom. The van der Waals surface area contributed by atoms with Gasteiger partial charge in [-0.25, -0.2) is 10.4 Å². The Hall–Kier alpha value is -2.86. The monoisotopic (exact) mass is 336 g/mol. The lowest BCUT2D eigenvalue weighted by molar-refractivity contribution is -0.120. The summed E-state index contributed by atoms with van der Waals surface area (Å²) in [4.78, 5) is 20.7. The van der Waals surface area contributed by atoms with Gasteiger partial charge in [-0.3, -0.25) is 9.78 Å².